The number of hydrogen-bond acceptors (Lipinski definition) is 2. The summed E-state index contributed by atoms with van der Waals surface area (Å²) in [6.07, 6.45) is 0. The van der Waals surface area contributed by atoms with Gasteiger partial charge in [0.2, 0.25) is 0 Å². The number of thiol groups is 1. The molecule has 0 aromatic carbocycles. The molecule has 0 aromatic heterocycles. The lowest BCUT2D eigenvalue weighted by atomic mass is 10.7. The van der Waals surface area contributed by atoms with Crippen LogP contribution < -0.4 is 11.1 Å². The Labute approximate surface area is 48.5 Å². The van der Waals surface area contributed by atoms with Crippen LogP contribution in [0.5, 0.6) is 0 Å². The summed E-state index contributed by atoms with van der Waals surface area (Å²) >= 11 is 3.55. The molecule has 0 aliphatic rings. The van der Waals surface area contributed by atoms with Crippen molar-refractivity contribution in [3.05, 3.63) is 0 Å². The topological polar surface area (TPSA) is 50.4 Å². The van der Waals surface area contributed by atoms with Gasteiger partial charge in [-0.1, -0.05) is 0 Å². The van der Waals surface area contributed by atoms with E-state index in [0.29, 0.717) is 5.96 Å². The molecule has 7 heavy (non-hydrogen) atoms. The summed E-state index contributed by atoms with van der Waals surface area (Å²) in [6.45, 7) is 2.72. The third kappa shape index (κ3) is 3.45. The molecule has 0 unspecified atom stereocenters. The molecule has 0 spiro atoms. The predicted octanol–water partition coefficient (Wildman–Crippen LogP) is -0.245. The minimum atomic E-state index is 0.367. The Hall–Kier alpha value is -0.380. The van der Waals surface area contributed by atoms with Gasteiger partial charge in [-0.25, -0.2) is 0 Å². The Kier molecular flexibility index (Phi) is 3.59. The molecule has 0 aliphatic heterocycles. The average Bonchev–Trinajstić information content (AvgIpc) is 1.68. The number of hydrogen-bond donors (Lipinski definition) is 3. The van der Waals surface area contributed by atoms with E-state index in [0.717, 1.165) is 6.54 Å². The van der Waals surface area contributed by atoms with Crippen molar-refractivity contribution in [2.45, 2.75) is 6.92 Å². The van der Waals surface area contributed by atoms with Crippen molar-refractivity contribution < 1.29 is 0 Å². The second kappa shape index (κ2) is 3.80. The summed E-state index contributed by atoms with van der Waals surface area (Å²) in [5, 5.41) is 2.75. The van der Waals surface area contributed by atoms with E-state index < -0.39 is 0 Å². The summed E-state index contributed by atoms with van der Waals surface area (Å²) in [6, 6.07) is 0. The van der Waals surface area contributed by atoms with E-state index in [1.807, 2.05) is 6.92 Å². The number of nitrogens with two attached hydrogens (primary N) is 1. The van der Waals surface area contributed by atoms with E-state index in [-0.39, 0.29) is 0 Å². The van der Waals surface area contributed by atoms with Crippen LogP contribution in [0, 0.1) is 0 Å². The van der Waals surface area contributed by atoms with Gasteiger partial charge in [0.1, 0.15) is 0 Å². The smallest absolute Gasteiger partial charge is 0.200 e. The monoisotopic (exact) mass is 119 g/mol. The van der Waals surface area contributed by atoms with Crippen molar-refractivity contribution in [2.24, 2.45) is 10.1 Å². The highest BCUT2D eigenvalue weighted by molar-refractivity contribution is 7.79. The minimum absolute atomic E-state index is 0.367. The maximum absolute atomic E-state index is 5.15. The van der Waals surface area contributed by atoms with Crippen LogP contribution in [0.4, 0.5) is 0 Å². The zero-order valence-electron chi connectivity index (χ0n) is 4.18. The Morgan fingerprint density at radius 2 is 2.57 bits per heavy atom. The molecule has 0 saturated heterocycles. The van der Waals surface area contributed by atoms with E-state index in [1.165, 1.54) is 0 Å². The highest BCUT2D eigenvalue weighted by Crippen LogP contribution is 1.68. The van der Waals surface area contributed by atoms with Crippen LogP contribution in [-0.4, -0.2) is 12.5 Å². The maximum Gasteiger partial charge on any atom is 0.200 e. The standard InChI is InChI=1S/C3H9N3S/c1-2-5-3(4)6-7/h7H,2H2,1H3,(H3,4,5,6). The number of nitrogens with one attached hydrogen (secondary N) is 1. The molecule has 4 heteroatoms. The zero-order valence-corrected chi connectivity index (χ0v) is 5.07. The number of nitrogens with zero attached hydrogens (tertiary/aromatic N) is 1. The van der Waals surface area contributed by atoms with Gasteiger partial charge < -0.3 is 11.1 Å². The molecule has 0 radical (unpaired) electrons. The Bertz CT molecular complexity index is 70.6. The fourth-order valence-corrected chi connectivity index (χ4v) is 0.287. The molecular weight excluding hydrogens is 110 g/mol. The molecule has 0 aliphatic carbocycles. The molecule has 3 N–H and O–H groups in total. The Morgan fingerprint density at radius 3 is 2.71 bits per heavy atom. The van der Waals surface area contributed by atoms with Gasteiger partial charge in [0.25, 0.3) is 0 Å². The fourth-order valence-electron chi connectivity index (χ4n) is 0.216. The largest absolute Gasteiger partial charge is 0.369 e. The third-order valence-electron chi connectivity index (χ3n) is 0.466. The van der Waals surface area contributed by atoms with Gasteiger partial charge in [-0.15, -0.1) is 0 Å². The first-order valence-electron chi connectivity index (χ1n) is 2.02. The van der Waals surface area contributed by atoms with Crippen LogP contribution in [0.15, 0.2) is 4.40 Å². The molecular formula is C3H9N3S. The molecule has 0 atom stereocenters. The van der Waals surface area contributed by atoms with E-state index in [4.69, 9.17) is 5.73 Å². The van der Waals surface area contributed by atoms with Crippen LogP contribution in [0.25, 0.3) is 0 Å². The van der Waals surface area contributed by atoms with E-state index >= 15 is 0 Å². The van der Waals surface area contributed by atoms with Gasteiger partial charge in [0.05, 0.1) is 0 Å². The molecule has 42 valence electrons. The highest BCUT2D eigenvalue weighted by Gasteiger charge is 1.78. The first-order chi connectivity index (χ1) is 3.31. The van der Waals surface area contributed by atoms with Crippen molar-refractivity contribution in [2.75, 3.05) is 6.54 Å². The molecule has 0 amide bonds. The van der Waals surface area contributed by atoms with Crippen LogP contribution in [-0.2, 0) is 0 Å². The van der Waals surface area contributed by atoms with Gasteiger partial charge in [-0.2, -0.15) is 4.40 Å². The SMILES string of the molecule is CCNC(N)=NS. The third-order valence-corrected chi connectivity index (χ3v) is 0.681. The molecule has 0 aromatic rings. The number of rotatable bonds is 1. The molecule has 0 saturated carbocycles. The van der Waals surface area contributed by atoms with Crippen LogP contribution >= 0.6 is 12.8 Å². The lowest BCUT2D eigenvalue weighted by Gasteiger charge is -1.95. The normalized spacial score (nSPS) is 11.4. The zero-order chi connectivity index (χ0) is 5.70. The molecule has 0 rings (SSSR count). The van der Waals surface area contributed by atoms with Crippen LogP contribution in [0.1, 0.15) is 6.92 Å². The van der Waals surface area contributed by atoms with Gasteiger partial charge in [0, 0.05) is 6.54 Å². The Balaban J connectivity index is 3.17. The van der Waals surface area contributed by atoms with Crippen molar-refractivity contribution >= 4 is 18.8 Å². The second-order valence-corrected chi connectivity index (χ2v) is 1.22. The fraction of sp³-hybridized carbons (Fsp3) is 0.667. The van der Waals surface area contributed by atoms with E-state index in [2.05, 4.69) is 22.5 Å². The lowest BCUT2D eigenvalue weighted by Crippen LogP contribution is -2.30. The van der Waals surface area contributed by atoms with E-state index in [9.17, 15) is 0 Å². The molecule has 3 nitrogen and oxygen atoms in total. The minimum Gasteiger partial charge on any atom is -0.369 e. The van der Waals surface area contributed by atoms with Crippen molar-refractivity contribution in [3.8, 4) is 0 Å². The second-order valence-electron chi connectivity index (χ2n) is 1.02. The van der Waals surface area contributed by atoms with Gasteiger partial charge >= 0.3 is 0 Å². The molecule has 0 fully saturated rings. The van der Waals surface area contributed by atoms with Gasteiger partial charge in [-0.05, 0) is 19.7 Å². The number of guanidine groups is 1. The summed E-state index contributed by atoms with van der Waals surface area (Å²) in [4.78, 5) is 0. The highest BCUT2D eigenvalue weighted by atomic mass is 32.1. The predicted molar refractivity (Wildman–Crippen MR) is 34.3 cm³/mol. The van der Waals surface area contributed by atoms with Crippen molar-refractivity contribution in [1.82, 2.24) is 5.32 Å². The van der Waals surface area contributed by atoms with Crippen molar-refractivity contribution in [1.29, 1.82) is 0 Å². The summed E-state index contributed by atoms with van der Waals surface area (Å²) in [5.41, 5.74) is 5.15. The quantitative estimate of drug-likeness (QED) is 0.253. The van der Waals surface area contributed by atoms with Gasteiger partial charge in [0.15, 0.2) is 5.96 Å². The van der Waals surface area contributed by atoms with Crippen LogP contribution in [0.2, 0.25) is 0 Å². The Morgan fingerprint density at radius 1 is 2.00 bits per heavy atom. The van der Waals surface area contributed by atoms with E-state index in [1.54, 1.807) is 0 Å². The lowest BCUT2D eigenvalue weighted by molar-refractivity contribution is 0.959. The van der Waals surface area contributed by atoms with Crippen LogP contribution in [0.3, 0.4) is 0 Å². The summed E-state index contributed by atoms with van der Waals surface area (Å²) in [5.74, 6) is 0.367. The summed E-state index contributed by atoms with van der Waals surface area (Å²) in [7, 11) is 0. The average molecular weight is 119 g/mol. The molecule has 0 bridgehead atoms. The maximum atomic E-state index is 5.15. The molecule has 0 heterocycles. The van der Waals surface area contributed by atoms with Crippen molar-refractivity contribution in [3.63, 3.8) is 0 Å². The first-order valence-corrected chi connectivity index (χ1v) is 2.42. The van der Waals surface area contributed by atoms with Gasteiger partial charge in [-0.3, -0.25) is 0 Å². The summed E-state index contributed by atoms with van der Waals surface area (Å²) < 4.78 is 3.36. The first kappa shape index (κ1) is 6.62.